The second-order valence-electron chi connectivity index (χ2n) is 8.16. The van der Waals surface area contributed by atoms with Gasteiger partial charge in [0.1, 0.15) is 11.4 Å². The van der Waals surface area contributed by atoms with Crippen molar-refractivity contribution in [2.45, 2.75) is 37.3 Å². The smallest absolute Gasteiger partial charge is 0.306 e. The van der Waals surface area contributed by atoms with E-state index in [9.17, 15) is 17.6 Å². The highest BCUT2D eigenvalue weighted by atomic mass is 35.5. The average molecular weight is 480 g/mol. The van der Waals surface area contributed by atoms with Gasteiger partial charge in [-0.05, 0) is 61.1 Å². The fourth-order valence-electron chi connectivity index (χ4n) is 4.41. The summed E-state index contributed by atoms with van der Waals surface area (Å²) in [6.07, 6.45) is 3.22. The molecule has 1 amide bonds. The van der Waals surface area contributed by atoms with Crippen LogP contribution in [0.1, 0.15) is 31.2 Å². The number of halogens is 2. The quantitative estimate of drug-likeness (QED) is 0.647. The Morgan fingerprint density at radius 1 is 1.09 bits per heavy atom. The lowest BCUT2D eigenvalue weighted by molar-refractivity contribution is -0.116. The second-order valence-corrected chi connectivity index (χ2v) is 10.1. The first-order chi connectivity index (χ1) is 15.1. The Morgan fingerprint density at radius 2 is 1.72 bits per heavy atom. The molecule has 6 nitrogen and oxygen atoms in total. The van der Waals surface area contributed by atoms with Gasteiger partial charge in [-0.3, -0.25) is 4.79 Å². The average Bonchev–Trinajstić information content (AvgIpc) is 2.99. The first-order valence-electron chi connectivity index (χ1n) is 10.2. The molecule has 1 heterocycles. The lowest BCUT2D eigenvalue weighted by Gasteiger charge is -2.37. The van der Waals surface area contributed by atoms with Gasteiger partial charge in [-0.15, -0.1) is 0 Å². The standard InChI is InChI=1S/C23H23ClFNO5S/c1-30-17-9-11-23(12-10-17)21(31-32(2,28)29)20(22(27)26-23)18-13-15(5-8-19(18)24)14-3-6-16(25)7-4-14/h3-8,13,17H,9-12H2,1-2H3,(H,26,27). The summed E-state index contributed by atoms with van der Waals surface area (Å²) in [7, 11) is -2.28. The summed E-state index contributed by atoms with van der Waals surface area (Å²) in [5.41, 5.74) is 0.937. The molecule has 1 aliphatic heterocycles. The Balaban J connectivity index is 1.86. The monoisotopic (exact) mass is 479 g/mol. The fraction of sp³-hybridized carbons (Fsp3) is 0.348. The van der Waals surface area contributed by atoms with E-state index in [1.54, 1.807) is 37.4 Å². The van der Waals surface area contributed by atoms with Gasteiger partial charge in [0.25, 0.3) is 5.91 Å². The zero-order valence-electron chi connectivity index (χ0n) is 17.7. The summed E-state index contributed by atoms with van der Waals surface area (Å²) in [6, 6.07) is 11.0. The van der Waals surface area contributed by atoms with Crippen LogP contribution in [0.15, 0.2) is 48.2 Å². The molecule has 1 spiro atoms. The van der Waals surface area contributed by atoms with Gasteiger partial charge in [0.15, 0.2) is 5.76 Å². The Bertz CT molecular complexity index is 1190. The molecule has 32 heavy (non-hydrogen) atoms. The van der Waals surface area contributed by atoms with E-state index in [4.69, 9.17) is 20.5 Å². The molecule has 0 saturated heterocycles. The molecule has 1 saturated carbocycles. The van der Waals surface area contributed by atoms with Gasteiger partial charge in [0.2, 0.25) is 0 Å². The van der Waals surface area contributed by atoms with Crippen LogP contribution in [0.3, 0.4) is 0 Å². The van der Waals surface area contributed by atoms with Crippen LogP contribution in [-0.2, 0) is 23.8 Å². The third-order valence-electron chi connectivity index (χ3n) is 6.01. The van der Waals surface area contributed by atoms with E-state index in [1.165, 1.54) is 12.1 Å². The third kappa shape index (κ3) is 4.40. The number of carbonyl (C=O) groups is 1. The van der Waals surface area contributed by atoms with Gasteiger partial charge in [-0.1, -0.05) is 29.8 Å². The molecule has 0 bridgehead atoms. The van der Waals surface area contributed by atoms with E-state index in [0.29, 0.717) is 36.8 Å². The maximum Gasteiger partial charge on any atom is 0.306 e. The van der Waals surface area contributed by atoms with Crippen molar-refractivity contribution in [2.24, 2.45) is 0 Å². The van der Waals surface area contributed by atoms with E-state index >= 15 is 0 Å². The number of ether oxygens (including phenoxy) is 1. The molecule has 0 radical (unpaired) electrons. The van der Waals surface area contributed by atoms with Gasteiger partial charge in [0.05, 0.1) is 17.9 Å². The predicted octanol–water partition coefficient (Wildman–Crippen LogP) is 4.29. The minimum Gasteiger partial charge on any atom is -0.384 e. The largest absolute Gasteiger partial charge is 0.384 e. The van der Waals surface area contributed by atoms with Gasteiger partial charge >= 0.3 is 10.1 Å². The number of nitrogens with one attached hydrogen (secondary N) is 1. The molecule has 2 aromatic carbocycles. The molecule has 0 unspecified atom stereocenters. The molecule has 1 fully saturated rings. The number of methoxy groups -OCH3 is 1. The van der Waals surface area contributed by atoms with Crippen LogP contribution in [0, 0.1) is 5.82 Å². The van der Waals surface area contributed by atoms with Crippen molar-refractivity contribution in [1.29, 1.82) is 0 Å². The van der Waals surface area contributed by atoms with Crippen LogP contribution in [0.25, 0.3) is 16.7 Å². The summed E-state index contributed by atoms with van der Waals surface area (Å²) >= 11 is 6.46. The van der Waals surface area contributed by atoms with Crippen LogP contribution in [0.5, 0.6) is 0 Å². The summed E-state index contributed by atoms with van der Waals surface area (Å²) in [6.45, 7) is 0. The zero-order valence-corrected chi connectivity index (χ0v) is 19.2. The molecule has 1 N–H and O–H groups in total. The van der Waals surface area contributed by atoms with E-state index in [-0.39, 0.29) is 28.3 Å². The minimum absolute atomic E-state index is 0.0338. The molecule has 2 aliphatic rings. The molecular weight excluding hydrogens is 457 g/mol. The lowest BCUT2D eigenvalue weighted by atomic mass is 9.79. The molecule has 9 heteroatoms. The van der Waals surface area contributed by atoms with Gasteiger partial charge in [-0.2, -0.15) is 8.42 Å². The topological polar surface area (TPSA) is 81.7 Å². The molecule has 0 atom stereocenters. The first-order valence-corrected chi connectivity index (χ1v) is 12.4. The van der Waals surface area contributed by atoms with Gasteiger partial charge in [0, 0.05) is 17.7 Å². The van der Waals surface area contributed by atoms with E-state index in [2.05, 4.69) is 5.32 Å². The Labute approximate surface area is 191 Å². The number of hydrogen-bond acceptors (Lipinski definition) is 5. The number of hydrogen-bond donors (Lipinski definition) is 1. The first kappa shape index (κ1) is 22.8. The number of rotatable bonds is 5. The van der Waals surface area contributed by atoms with Gasteiger partial charge in [-0.25, -0.2) is 4.39 Å². The van der Waals surface area contributed by atoms with Crippen LogP contribution in [0.4, 0.5) is 4.39 Å². The molecule has 170 valence electrons. The van der Waals surface area contributed by atoms with Crippen LogP contribution >= 0.6 is 11.6 Å². The molecule has 1 aliphatic carbocycles. The Kier molecular flexibility index (Phi) is 6.04. The molecular formula is C23H23ClFNO5S. The third-order valence-corrected chi connectivity index (χ3v) is 6.81. The van der Waals surface area contributed by atoms with Crippen LogP contribution in [0.2, 0.25) is 5.02 Å². The maximum atomic E-state index is 13.3. The van der Waals surface area contributed by atoms with Crippen molar-refractivity contribution >= 4 is 33.2 Å². The summed E-state index contributed by atoms with van der Waals surface area (Å²) in [4.78, 5) is 13.2. The highest BCUT2D eigenvalue weighted by Crippen LogP contribution is 2.45. The predicted molar refractivity (Wildman–Crippen MR) is 120 cm³/mol. The van der Waals surface area contributed by atoms with Crippen molar-refractivity contribution in [3.8, 4) is 11.1 Å². The summed E-state index contributed by atoms with van der Waals surface area (Å²) in [5.74, 6) is -0.742. The van der Waals surface area contributed by atoms with Crippen molar-refractivity contribution in [3.05, 3.63) is 64.6 Å². The van der Waals surface area contributed by atoms with Crippen LogP contribution in [-0.4, -0.2) is 39.3 Å². The van der Waals surface area contributed by atoms with Crippen molar-refractivity contribution < 1.29 is 26.5 Å². The van der Waals surface area contributed by atoms with Gasteiger partial charge < -0.3 is 14.2 Å². The van der Waals surface area contributed by atoms with Crippen molar-refractivity contribution in [3.63, 3.8) is 0 Å². The van der Waals surface area contributed by atoms with Crippen molar-refractivity contribution in [1.82, 2.24) is 5.32 Å². The highest BCUT2D eigenvalue weighted by Gasteiger charge is 2.50. The van der Waals surface area contributed by atoms with E-state index in [0.717, 1.165) is 11.8 Å². The lowest BCUT2D eigenvalue weighted by Crippen LogP contribution is -2.49. The second kappa shape index (κ2) is 8.50. The number of amides is 1. The molecule has 2 aromatic rings. The maximum absolute atomic E-state index is 13.3. The minimum atomic E-state index is -3.91. The van der Waals surface area contributed by atoms with E-state index in [1.807, 2.05) is 0 Å². The Morgan fingerprint density at radius 3 is 2.31 bits per heavy atom. The zero-order chi connectivity index (χ0) is 23.1. The van der Waals surface area contributed by atoms with Crippen molar-refractivity contribution in [2.75, 3.05) is 13.4 Å². The van der Waals surface area contributed by atoms with E-state index < -0.39 is 21.6 Å². The Hall–Kier alpha value is -2.42. The number of carbonyl (C=O) groups excluding carboxylic acids is 1. The SMILES string of the molecule is COC1CCC2(CC1)NC(=O)C(c1cc(-c3ccc(F)cc3)ccc1Cl)=C2OS(C)(=O)=O. The molecule has 4 rings (SSSR count). The number of benzene rings is 2. The fourth-order valence-corrected chi connectivity index (χ4v) is 5.16. The highest BCUT2D eigenvalue weighted by molar-refractivity contribution is 7.86. The molecule has 0 aromatic heterocycles. The van der Waals surface area contributed by atoms with Crippen LogP contribution < -0.4 is 5.32 Å². The summed E-state index contributed by atoms with van der Waals surface area (Å²) < 4.78 is 48.5. The normalized spacial score (nSPS) is 23.5. The summed E-state index contributed by atoms with van der Waals surface area (Å²) in [5, 5.41) is 3.24.